The third-order valence-electron chi connectivity index (χ3n) is 14.9. The molecule has 4 heteroatoms. The van der Waals surface area contributed by atoms with Crippen molar-refractivity contribution in [3.8, 4) is 5.75 Å². The summed E-state index contributed by atoms with van der Waals surface area (Å²) in [6, 6.07) is 8.06. The number of aliphatic hydroxyl groups excluding tert-OH is 1. The Morgan fingerprint density at radius 3 is 2.26 bits per heavy atom. The fraction of sp³-hybridized carbons (Fsp3) is 0.711. The second-order valence-corrected chi connectivity index (χ2v) is 16.4. The molecule has 0 unspecified atom stereocenters. The molecule has 10 atom stereocenters. The Hall–Kier alpha value is -2.07. The van der Waals surface area contributed by atoms with E-state index in [0.717, 1.165) is 61.8 Å². The number of methoxy groups -OCH3 is 1. The Bertz CT molecular complexity index is 1260. The van der Waals surface area contributed by atoms with E-state index >= 15 is 0 Å². The third-order valence-corrected chi connectivity index (χ3v) is 14.9. The number of aliphatic carboxylic acids is 1. The molecule has 0 bridgehead atoms. The van der Waals surface area contributed by atoms with Gasteiger partial charge in [-0.3, -0.25) is 4.79 Å². The molecule has 0 amide bonds. The molecule has 0 aliphatic heterocycles. The quantitative estimate of drug-likeness (QED) is 0.345. The predicted molar refractivity (Wildman–Crippen MR) is 169 cm³/mol. The van der Waals surface area contributed by atoms with Crippen molar-refractivity contribution in [2.75, 3.05) is 7.11 Å². The van der Waals surface area contributed by atoms with E-state index in [1.165, 1.54) is 19.3 Å². The first-order valence-electron chi connectivity index (χ1n) is 16.7. The maximum absolute atomic E-state index is 13.2. The summed E-state index contributed by atoms with van der Waals surface area (Å²) in [6.45, 7) is 16.9. The molecule has 5 aliphatic carbocycles. The standard InChI is InChI=1S/C38H54O4/c1-24(8-9-25-10-12-26(42-7)13-11-25)27-16-21-38(33(40)41)23-22-36(5)28(32(27)38)14-15-30-35(4)19-18-31(39)34(2,3)29(35)17-20-37(30,36)6/h8-13,27-32,39H,1,14-23H2,2-7H3,(H,40,41)/b9-8+/t27-,28+,29-,30+,31-,32+,35-,36+,37+,38-/m0/s1. The van der Waals surface area contributed by atoms with Crippen LogP contribution in [0.3, 0.4) is 0 Å². The molecule has 0 saturated heterocycles. The molecule has 6 rings (SSSR count). The van der Waals surface area contributed by atoms with Gasteiger partial charge in [-0.25, -0.2) is 0 Å². The average molecular weight is 575 g/mol. The molecular weight excluding hydrogens is 520 g/mol. The van der Waals surface area contributed by atoms with E-state index in [-0.39, 0.29) is 39.6 Å². The first-order chi connectivity index (χ1) is 19.7. The molecular formula is C38H54O4. The lowest BCUT2D eigenvalue weighted by Gasteiger charge is -2.72. The number of hydrogen-bond donors (Lipinski definition) is 2. The largest absolute Gasteiger partial charge is 0.497 e. The van der Waals surface area contributed by atoms with Gasteiger partial charge in [-0.05, 0) is 133 Å². The van der Waals surface area contributed by atoms with E-state index in [2.05, 4.69) is 65.5 Å². The second kappa shape index (κ2) is 9.98. The molecule has 230 valence electrons. The smallest absolute Gasteiger partial charge is 0.309 e. The van der Waals surface area contributed by atoms with Crippen LogP contribution in [0.15, 0.2) is 42.5 Å². The number of aliphatic hydroxyl groups is 1. The first-order valence-corrected chi connectivity index (χ1v) is 16.7. The van der Waals surface area contributed by atoms with Crippen molar-refractivity contribution < 1.29 is 19.7 Å². The minimum atomic E-state index is -0.632. The molecule has 1 aromatic carbocycles. The molecule has 0 aromatic heterocycles. The predicted octanol–water partition coefficient (Wildman–Crippen LogP) is 8.79. The van der Waals surface area contributed by atoms with Gasteiger partial charge in [0.25, 0.3) is 0 Å². The summed E-state index contributed by atoms with van der Waals surface area (Å²) in [5.41, 5.74) is 2.02. The number of hydrogen-bond acceptors (Lipinski definition) is 3. The topological polar surface area (TPSA) is 66.8 Å². The van der Waals surface area contributed by atoms with Crippen LogP contribution in [-0.2, 0) is 4.79 Å². The van der Waals surface area contributed by atoms with E-state index in [4.69, 9.17) is 4.74 Å². The van der Waals surface area contributed by atoms with Gasteiger partial charge >= 0.3 is 5.97 Å². The fourth-order valence-corrected chi connectivity index (χ4v) is 12.4. The number of ether oxygens (including phenoxy) is 1. The zero-order valence-corrected chi connectivity index (χ0v) is 26.9. The van der Waals surface area contributed by atoms with Crippen molar-refractivity contribution >= 4 is 12.0 Å². The molecule has 42 heavy (non-hydrogen) atoms. The van der Waals surface area contributed by atoms with Gasteiger partial charge < -0.3 is 14.9 Å². The van der Waals surface area contributed by atoms with Gasteiger partial charge in [-0.1, -0.05) is 71.1 Å². The molecule has 5 fully saturated rings. The summed E-state index contributed by atoms with van der Waals surface area (Å²) in [6.07, 6.45) is 14.2. The monoisotopic (exact) mass is 574 g/mol. The van der Waals surface area contributed by atoms with Crippen LogP contribution in [-0.4, -0.2) is 29.4 Å². The maximum Gasteiger partial charge on any atom is 0.309 e. The van der Waals surface area contributed by atoms with Gasteiger partial charge in [0.05, 0.1) is 18.6 Å². The van der Waals surface area contributed by atoms with Crippen molar-refractivity contribution in [3.63, 3.8) is 0 Å². The molecule has 4 nitrogen and oxygen atoms in total. The minimum absolute atomic E-state index is 0.0539. The number of benzene rings is 1. The molecule has 0 heterocycles. The van der Waals surface area contributed by atoms with Crippen LogP contribution in [0.2, 0.25) is 0 Å². The van der Waals surface area contributed by atoms with Crippen molar-refractivity contribution in [1.29, 1.82) is 0 Å². The summed E-state index contributed by atoms with van der Waals surface area (Å²) in [5, 5.41) is 21.8. The van der Waals surface area contributed by atoms with Gasteiger partial charge in [0.1, 0.15) is 5.75 Å². The zero-order chi connectivity index (χ0) is 30.3. The first kappa shape index (κ1) is 30.0. The van der Waals surface area contributed by atoms with Gasteiger partial charge in [0, 0.05) is 0 Å². The van der Waals surface area contributed by atoms with Gasteiger partial charge in [0.2, 0.25) is 0 Å². The lowest BCUT2D eigenvalue weighted by molar-refractivity contribution is -0.248. The van der Waals surface area contributed by atoms with Crippen molar-refractivity contribution in [2.45, 2.75) is 105 Å². The zero-order valence-electron chi connectivity index (χ0n) is 26.9. The van der Waals surface area contributed by atoms with E-state index in [9.17, 15) is 15.0 Å². The molecule has 2 N–H and O–H groups in total. The SMILES string of the molecule is C=C(/C=C/c1ccc(OC)cc1)[C@@H]1CC[C@]2(C(=O)O)CC[C@]3(C)[C@H](CC[C@@H]4[C@@]5(C)CC[C@H](O)C(C)(C)[C@@H]5CC[C@]43C)[C@@H]12. The highest BCUT2D eigenvalue weighted by Gasteiger charge is 2.72. The molecule has 5 saturated carbocycles. The lowest BCUT2D eigenvalue weighted by atomic mass is 9.32. The Balaban J connectivity index is 1.33. The van der Waals surface area contributed by atoms with Crippen LogP contribution in [0.1, 0.15) is 104 Å². The van der Waals surface area contributed by atoms with Gasteiger partial charge in [-0.15, -0.1) is 0 Å². The van der Waals surface area contributed by atoms with Gasteiger partial charge in [-0.2, -0.15) is 0 Å². The lowest BCUT2D eigenvalue weighted by Crippen LogP contribution is -2.67. The number of allylic oxidation sites excluding steroid dienone is 2. The highest BCUT2D eigenvalue weighted by molar-refractivity contribution is 5.76. The number of carboxylic acid groups (broad SMARTS) is 1. The van der Waals surface area contributed by atoms with E-state index < -0.39 is 11.4 Å². The molecule has 1 aromatic rings. The average Bonchev–Trinajstić information content (AvgIpc) is 3.36. The Morgan fingerprint density at radius 1 is 0.881 bits per heavy atom. The van der Waals surface area contributed by atoms with E-state index in [0.29, 0.717) is 17.8 Å². The molecule has 0 radical (unpaired) electrons. The summed E-state index contributed by atoms with van der Waals surface area (Å²) in [7, 11) is 1.68. The molecule has 0 spiro atoms. The van der Waals surface area contributed by atoms with Crippen LogP contribution < -0.4 is 4.74 Å². The summed E-state index contributed by atoms with van der Waals surface area (Å²) in [5.74, 6) is 2.16. The van der Waals surface area contributed by atoms with Crippen molar-refractivity contribution in [3.05, 3.63) is 48.1 Å². The Labute approximate surface area is 254 Å². The van der Waals surface area contributed by atoms with E-state index in [1.54, 1.807) is 7.11 Å². The maximum atomic E-state index is 13.2. The number of fused-ring (bicyclic) bond motifs is 7. The van der Waals surface area contributed by atoms with Crippen LogP contribution in [0.5, 0.6) is 5.75 Å². The van der Waals surface area contributed by atoms with Crippen LogP contribution in [0, 0.1) is 56.7 Å². The molecule has 5 aliphatic rings. The van der Waals surface area contributed by atoms with E-state index in [1.807, 2.05) is 12.1 Å². The van der Waals surface area contributed by atoms with Crippen LogP contribution in [0.4, 0.5) is 0 Å². The number of rotatable bonds is 5. The number of carbonyl (C=O) groups is 1. The van der Waals surface area contributed by atoms with Crippen molar-refractivity contribution in [2.24, 2.45) is 56.7 Å². The van der Waals surface area contributed by atoms with Crippen LogP contribution in [0.25, 0.3) is 6.08 Å². The highest BCUT2D eigenvalue weighted by Crippen LogP contribution is 2.77. The summed E-state index contributed by atoms with van der Waals surface area (Å²) < 4.78 is 5.32. The Morgan fingerprint density at radius 2 is 1.60 bits per heavy atom. The minimum Gasteiger partial charge on any atom is -0.497 e. The second-order valence-electron chi connectivity index (χ2n) is 16.4. The summed E-state index contributed by atoms with van der Waals surface area (Å²) in [4.78, 5) is 13.2. The van der Waals surface area contributed by atoms with Gasteiger partial charge in [0.15, 0.2) is 0 Å². The normalized spacial score (nSPS) is 45.8. The van der Waals surface area contributed by atoms with Crippen molar-refractivity contribution in [1.82, 2.24) is 0 Å². The highest BCUT2D eigenvalue weighted by atomic mass is 16.5. The fourth-order valence-electron chi connectivity index (χ4n) is 12.4. The Kier molecular flexibility index (Phi) is 7.12. The third kappa shape index (κ3) is 3.99. The van der Waals surface area contributed by atoms with Crippen LogP contribution >= 0.6 is 0 Å². The summed E-state index contributed by atoms with van der Waals surface area (Å²) >= 11 is 0. The number of carboxylic acids is 1.